The van der Waals surface area contributed by atoms with Gasteiger partial charge in [0.1, 0.15) is 5.75 Å². The summed E-state index contributed by atoms with van der Waals surface area (Å²) in [6.07, 6.45) is 1.09. The van der Waals surface area contributed by atoms with Crippen LogP contribution in [0, 0.1) is 10.1 Å². The van der Waals surface area contributed by atoms with Gasteiger partial charge in [0.25, 0.3) is 17.5 Å². The van der Waals surface area contributed by atoms with Crippen LogP contribution in [0.15, 0.2) is 71.8 Å². The van der Waals surface area contributed by atoms with Gasteiger partial charge < -0.3 is 10.4 Å². The number of hydrazone groups is 1. The Morgan fingerprint density at radius 1 is 1.03 bits per heavy atom. The second-order valence-corrected chi connectivity index (χ2v) is 6.62. The molecule has 3 rings (SSSR count). The molecule has 0 saturated heterocycles. The van der Waals surface area contributed by atoms with Crippen LogP contribution in [0.4, 0.5) is 11.4 Å². The molecular formula is C21H15ClN4O5. The lowest BCUT2D eigenvalue weighted by Crippen LogP contribution is -2.18. The quantitative estimate of drug-likeness (QED) is 0.304. The number of amides is 2. The van der Waals surface area contributed by atoms with E-state index in [4.69, 9.17) is 11.6 Å². The summed E-state index contributed by atoms with van der Waals surface area (Å²) in [5.74, 6) is -1.25. The van der Waals surface area contributed by atoms with Gasteiger partial charge in [-0.1, -0.05) is 29.8 Å². The van der Waals surface area contributed by atoms with Crippen molar-refractivity contribution in [2.24, 2.45) is 5.10 Å². The Labute approximate surface area is 181 Å². The molecule has 0 aliphatic heterocycles. The first-order valence-corrected chi connectivity index (χ1v) is 9.19. The molecule has 0 aromatic heterocycles. The van der Waals surface area contributed by atoms with Gasteiger partial charge >= 0.3 is 0 Å². The lowest BCUT2D eigenvalue weighted by Gasteiger charge is -2.08. The van der Waals surface area contributed by atoms with Gasteiger partial charge in [0.05, 0.1) is 21.7 Å². The molecule has 2 amide bonds. The van der Waals surface area contributed by atoms with E-state index in [1.807, 2.05) is 0 Å². The molecular weight excluding hydrogens is 424 g/mol. The van der Waals surface area contributed by atoms with Gasteiger partial charge in [-0.25, -0.2) is 5.43 Å². The normalized spacial score (nSPS) is 10.6. The summed E-state index contributed by atoms with van der Waals surface area (Å²) in [6.45, 7) is 0. The fourth-order valence-electron chi connectivity index (χ4n) is 2.57. The molecule has 0 spiro atoms. The number of carbonyl (C=O) groups excluding carboxylic acids is 2. The maximum Gasteiger partial charge on any atom is 0.271 e. The van der Waals surface area contributed by atoms with Crippen molar-refractivity contribution >= 4 is 41.0 Å². The number of phenols is 1. The van der Waals surface area contributed by atoms with Crippen molar-refractivity contribution in [2.75, 3.05) is 5.32 Å². The molecule has 3 N–H and O–H groups in total. The van der Waals surface area contributed by atoms with Gasteiger partial charge in [0.2, 0.25) is 0 Å². The number of halogens is 1. The van der Waals surface area contributed by atoms with Crippen molar-refractivity contribution < 1.29 is 19.6 Å². The Hall–Kier alpha value is -4.24. The number of non-ortho nitro benzene ring substituents is 1. The number of hydrogen-bond acceptors (Lipinski definition) is 6. The molecule has 31 heavy (non-hydrogen) atoms. The molecule has 156 valence electrons. The highest BCUT2D eigenvalue weighted by atomic mass is 35.5. The topological polar surface area (TPSA) is 134 Å². The van der Waals surface area contributed by atoms with Gasteiger partial charge in [0, 0.05) is 28.9 Å². The fraction of sp³-hybridized carbons (Fsp3) is 0. The zero-order valence-corrected chi connectivity index (χ0v) is 16.5. The predicted molar refractivity (Wildman–Crippen MR) is 116 cm³/mol. The Morgan fingerprint density at radius 2 is 1.81 bits per heavy atom. The van der Waals surface area contributed by atoms with Crippen molar-refractivity contribution in [3.05, 3.63) is 98.6 Å². The maximum absolute atomic E-state index is 12.4. The summed E-state index contributed by atoms with van der Waals surface area (Å²) < 4.78 is 0. The number of nitro benzene ring substituents is 1. The van der Waals surface area contributed by atoms with Crippen LogP contribution in [0.25, 0.3) is 0 Å². The van der Waals surface area contributed by atoms with Gasteiger partial charge in [0.15, 0.2) is 0 Å². The first-order chi connectivity index (χ1) is 14.8. The lowest BCUT2D eigenvalue weighted by molar-refractivity contribution is -0.384. The highest BCUT2D eigenvalue weighted by Gasteiger charge is 2.12. The zero-order valence-electron chi connectivity index (χ0n) is 15.8. The van der Waals surface area contributed by atoms with Gasteiger partial charge in [-0.05, 0) is 36.4 Å². The summed E-state index contributed by atoms with van der Waals surface area (Å²) in [7, 11) is 0. The van der Waals surface area contributed by atoms with E-state index in [9.17, 15) is 24.8 Å². The highest BCUT2D eigenvalue weighted by molar-refractivity contribution is 6.34. The third kappa shape index (κ3) is 5.43. The largest absolute Gasteiger partial charge is 0.507 e. The molecule has 0 aliphatic rings. The van der Waals surface area contributed by atoms with Crippen LogP contribution < -0.4 is 10.7 Å². The van der Waals surface area contributed by atoms with Crippen LogP contribution in [0.1, 0.15) is 26.3 Å². The number of aromatic hydroxyl groups is 1. The third-order valence-electron chi connectivity index (χ3n) is 4.09. The number of nitrogens with one attached hydrogen (secondary N) is 2. The molecule has 0 aliphatic carbocycles. The van der Waals surface area contributed by atoms with Crippen molar-refractivity contribution in [2.45, 2.75) is 0 Å². The molecule has 10 heteroatoms. The molecule has 9 nitrogen and oxygen atoms in total. The van der Waals surface area contributed by atoms with E-state index in [0.717, 1.165) is 24.4 Å². The first kappa shape index (κ1) is 21.5. The smallest absolute Gasteiger partial charge is 0.271 e. The molecule has 0 atom stereocenters. The SMILES string of the molecule is O=C(N/N=C/c1cc([N+](=O)[O-])ccc1O)c1cccc(NC(=O)c2ccccc2Cl)c1. The van der Waals surface area contributed by atoms with Crippen LogP contribution in [0.2, 0.25) is 5.02 Å². The van der Waals surface area contributed by atoms with Crippen LogP contribution >= 0.6 is 11.6 Å². The first-order valence-electron chi connectivity index (χ1n) is 8.82. The summed E-state index contributed by atoms with van der Waals surface area (Å²) >= 11 is 6.02. The van der Waals surface area contributed by atoms with Crippen molar-refractivity contribution in [3.8, 4) is 5.75 Å². The average Bonchev–Trinajstić information content (AvgIpc) is 2.75. The minimum Gasteiger partial charge on any atom is -0.507 e. The van der Waals surface area contributed by atoms with Gasteiger partial charge in [-0.15, -0.1) is 0 Å². The maximum atomic E-state index is 12.4. The van der Waals surface area contributed by atoms with E-state index < -0.39 is 16.7 Å². The lowest BCUT2D eigenvalue weighted by atomic mass is 10.1. The molecule has 3 aromatic rings. The standard InChI is InChI=1S/C21H15ClN4O5/c22-18-7-2-1-6-17(18)21(29)24-15-5-3-4-13(10-15)20(28)25-23-12-14-11-16(26(30)31)8-9-19(14)27/h1-12,27H,(H,24,29)(H,25,28)/b23-12+. The average molecular weight is 439 g/mol. The van der Waals surface area contributed by atoms with Crippen molar-refractivity contribution in [3.63, 3.8) is 0 Å². The summed E-state index contributed by atoms with van der Waals surface area (Å²) in [4.78, 5) is 34.9. The van der Waals surface area contributed by atoms with E-state index in [1.165, 1.54) is 12.1 Å². The second kappa shape index (κ2) is 9.51. The van der Waals surface area contributed by atoms with Gasteiger partial charge in [-0.3, -0.25) is 19.7 Å². The van der Waals surface area contributed by atoms with E-state index in [0.29, 0.717) is 16.3 Å². The molecule has 0 fully saturated rings. The molecule has 0 heterocycles. The Morgan fingerprint density at radius 3 is 2.55 bits per heavy atom. The molecule has 0 bridgehead atoms. The summed E-state index contributed by atoms with van der Waals surface area (Å²) in [5.41, 5.74) is 2.97. The number of hydrogen-bond donors (Lipinski definition) is 3. The van der Waals surface area contributed by atoms with E-state index in [2.05, 4.69) is 15.8 Å². The van der Waals surface area contributed by atoms with Crippen LogP contribution in [0.5, 0.6) is 5.75 Å². The Balaban J connectivity index is 1.69. The number of anilines is 1. The number of benzene rings is 3. The van der Waals surface area contributed by atoms with Gasteiger partial charge in [-0.2, -0.15) is 5.10 Å². The number of nitro groups is 1. The molecule has 0 unspecified atom stereocenters. The van der Waals surface area contributed by atoms with Crippen molar-refractivity contribution in [1.82, 2.24) is 5.43 Å². The van der Waals surface area contributed by atoms with Crippen LogP contribution in [-0.2, 0) is 0 Å². The molecule has 0 saturated carbocycles. The fourth-order valence-corrected chi connectivity index (χ4v) is 2.79. The number of phenolic OH excluding ortho intramolecular Hbond substituents is 1. The van der Waals surface area contributed by atoms with E-state index in [-0.39, 0.29) is 22.6 Å². The second-order valence-electron chi connectivity index (χ2n) is 6.21. The summed E-state index contributed by atoms with van der Waals surface area (Å²) in [5, 5.41) is 27.3. The van der Waals surface area contributed by atoms with Crippen LogP contribution in [-0.4, -0.2) is 28.1 Å². The monoisotopic (exact) mass is 438 g/mol. The highest BCUT2D eigenvalue weighted by Crippen LogP contribution is 2.21. The summed E-state index contributed by atoms with van der Waals surface area (Å²) in [6, 6.07) is 16.1. The predicted octanol–water partition coefficient (Wildman–Crippen LogP) is 3.97. The van der Waals surface area contributed by atoms with E-state index >= 15 is 0 Å². The van der Waals surface area contributed by atoms with Crippen molar-refractivity contribution in [1.29, 1.82) is 0 Å². The Bertz CT molecular complexity index is 1200. The number of nitrogens with zero attached hydrogens (tertiary/aromatic N) is 2. The van der Waals surface area contributed by atoms with E-state index in [1.54, 1.807) is 36.4 Å². The minimum absolute atomic E-state index is 0.0650. The zero-order chi connectivity index (χ0) is 22.4. The number of rotatable bonds is 6. The molecule has 0 radical (unpaired) electrons. The Kier molecular flexibility index (Phi) is 6.58. The number of carbonyl (C=O) groups is 2. The molecule has 3 aromatic carbocycles. The van der Waals surface area contributed by atoms with Crippen LogP contribution in [0.3, 0.4) is 0 Å². The minimum atomic E-state index is -0.613. The third-order valence-corrected chi connectivity index (χ3v) is 4.42.